The van der Waals surface area contributed by atoms with E-state index in [9.17, 15) is 9.90 Å². The van der Waals surface area contributed by atoms with Crippen molar-refractivity contribution in [3.05, 3.63) is 0 Å². The number of carbonyl (C=O) groups excluding carboxylic acids is 1. The molecule has 1 saturated heterocycles. The van der Waals surface area contributed by atoms with Gasteiger partial charge in [-0.2, -0.15) is 0 Å². The fourth-order valence-electron chi connectivity index (χ4n) is 1.25. The van der Waals surface area contributed by atoms with Crippen molar-refractivity contribution in [2.45, 2.75) is 25.5 Å². The standard InChI is InChI=1S/C8H11NO2/c1-4-5-6(7(10)9-5)8(2,3)11/h1,5-6,11H,2-3H3,(H,9,10)/t5-,6+/m0/s1. The van der Waals surface area contributed by atoms with Crippen molar-refractivity contribution in [1.29, 1.82) is 0 Å². The van der Waals surface area contributed by atoms with E-state index in [0.717, 1.165) is 0 Å². The second-order valence-electron chi connectivity index (χ2n) is 3.28. The molecule has 1 fully saturated rings. The first-order valence-corrected chi connectivity index (χ1v) is 3.45. The highest BCUT2D eigenvalue weighted by Crippen LogP contribution is 2.26. The van der Waals surface area contributed by atoms with Gasteiger partial charge in [0.25, 0.3) is 0 Å². The average molecular weight is 153 g/mol. The lowest BCUT2D eigenvalue weighted by Crippen LogP contribution is -2.64. The smallest absolute Gasteiger partial charge is 0.230 e. The molecule has 0 aromatic heterocycles. The van der Waals surface area contributed by atoms with E-state index in [-0.39, 0.29) is 11.9 Å². The Kier molecular flexibility index (Phi) is 1.65. The van der Waals surface area contributed by atoms with E-state index in [2.05, 4.69) is 11.2 Å². The van der Waals surface area contributed by atoms with Crippen LogP contribution in [0.3, 0.4) is 0 Å². The van der Waals surface area contributed by atoms with Crippen molar-refractivity contribution in [3.63, 3.8) is 0 Å². The van der Waals surface area contributed by atoms with E-state index in [1.807, 2.05) is 0 Å². The molecule has 1 rings (SSSR count). The maximum atomic E-state index is 10.9. The van der Waals surface area contributed by atoms with Crippen molar-refractivity contribution < 1.29 is 9.90 Å². The molecule has 1 amide bonds. The molecule has 0 aromatic carbocycles. The van der Waals surface area contributed by atoms with Crippen LogP contribution in [-0.4, -0.2) is 22.7 Å². The molecule has 0 radical (unpaired) electrons. The molecule has 11 heavy (non-hydrogen) atoms. The van der Waals surface area contributed by atoms with Crippen molar-refractivity contribution in [2.24, 2.45) is 5.92 Å². The van der Waals surface area contributed by atoms with Gasteiger partial charge < -0.3 is 10.4 Å². The number of hydrogen-bond donors (Lipinski definition) is 2. The monoisotopic (exact) mass is 153 g/mol. The van der Waals surface area contributed by atoms with Gasteiger partial charge in [-0.05, 0) is 13.8 Å². The van der Waals surface area contributed by atoms with E-state index in [0.29, 0.717) is 0 Å². The highest BCUT2D eigenvalue weighted by atomic mass is 16.3. The van der Waals surface area contributed by atoms with Crippen LogP contribution in [-0.2, 0) is 4.79 Å². The topological polar surface area (TPSA) is 49.3 Å². The molecule has 60 valence electrons. The van der Waals surface area contributed by atoms with Crippen molar-refractivity contribution in [1.82, 2.24) is 5.32 Å². The summed E-state index contributed by atoms with van der Waals surface area (Å²) in [5, 5.41) is 12.0. The Morgan fingerprint density at radius 3 is 2.45 bits per heavy atom. The second-order valence-corrected chi connectivity index (χ2v) is 3.28. The Morgan fingerprint density at radius 2 is 2.27 bits per heavy atom. The van der Waals surface area contributed by atoms with E-state index < -0.39 is 11.5 Å². The third-order valence-corrected chi connectivity index (χ3v) is 1.85. The van der Waals surface area contributed by atoms with E-state index >= 15 is 0 Å². The number of β-lactam (4-membered cyclic amide) rings is 1. The Bertz CT molecular complexity index is 221. The Morgan fingerprint density at radius 1 is 1.73 bits per heavy atom. The van der Waals surface area contributed by atoms with Crippen LogP contribution in [0.5, 0.6) is 0 Å². The molecule has 0 unspecified atom stereocenters. The van der Waals surface area contributed by atoms with E-state index in [1.165, 1.54) is 0 Å². The summed E-state index contributed by atoms with van der Waals surface area (Å²) in [6.07, 6.45) is 5.11. The molecule has 3 nitrogen and oxygen atoms in total. The molecule has 3 heteroatoms. The summed E-state index contributed by atoms with van der Waals surface area (Å²) in [6.45, 7) is 3.17. The lowest BCUT2D eigenvalue weighted by Gasteiger charge is -2.40. The molecular weight excluding hydrogens is 142 g/mol. The van der Waals surface area contributed by atoms with Crippen molar-refractivity contribution >= 4 is 5.91 Å². The van der Waals surface area contributed by atoms with Crippen LogP contribution in [0.1, 0.15) is 13.8 Å². The third kappa shape index (κ3) is 1.22. The first kappa shape index (κ1) is 8.09. The molecule has 0 bridgehead atoms. The largest absolute Gasteiger partial charge is 0.390 e. The summed E-state index contributed by atoms with van der Waals surface area (Å²) in [4.78, 5) is 10.9. The van der Waals surface area contributed by atoms with Crippen LogP contribution >= 0.6 is 0 Å². The molecule has 0 aliphatic carbocycles. The molecular formula is C8H11NO2. The number of hydrogen-bond acceptors (Lipinski definition) is 2. The zero-order valence-electron chi connectivity index (χ0n) is 6.59. The van der Waals surface area contributed by atoms with E-state index in [1.54, 1.807) is 13.8 Å². The summed E-state index contributed by atoms with van der Waals surface area (Å²) < 4.78 is 0. The zero-order valence-corrected chi connectivity index (χ0v) is 6.59. The molecule has 2 atom stereocenters. The number of rotatable bonds is 1. The first-order chi connectivity index (χ1) is 4.96. The Balaban J connectivity index is 2.73. The summed E-state index contributed by atoms with van der Waals surface area (Å²) in [6, 6.07) is -0.303. The summed E-state index contributed by atoms with van der Waals surface area (Å²) in [5.74, 6) is 1.78. The zero-order chi connectivity index (χ0) is 8.65. The minimum Gasteiger partial charge on any atom is -0.390 e. The van der Waals surface area contributed by atoms with Gasteiger partial charge in [0.15, 0.2) is 0 Å². The predicted molar refractivity (Wildman–Crippen MR) is 40.6 cm³/mol. The van der Waals surface area contributed by atoms with Crippen LogP contribution in [0, 0.1) is 18.3 Å². The molecule has 0 aromatic rings. The molecule has 1 heterocycles. The minimum atomic E-state index is -1.01. The second kappa shape index (κ2) is 2.24. The van der Waals surface area contributed by atoms with Gasteiger partial charge in [0.1, 0.15) is 6.04 Å². The molecule has 1 aliphatic rings. The lowest BCUT2D eigenvalue weighted by atomic mass is 9.78. The summed E-state index contributed by atoms with van der Waals surface area (Å²) >= 11 is 0. The SMILES string of the molecule is C#C[C@@H]1NC(=O)[C@@H]1C(C)(C)O. The molecule has 0 spiro atoms. The number of carbonyl (C=O) groups is 1. The predicted octanol–water partition coefficient (Wildman–Crippen LogP) is -0.495. The first-order valence-electron chi connectivity index (χ1n) is 3.45. The van der Waals surface area contributed by atoms with Crippen LogP contribution in [0.25, 0.3) is 0 Å². The fourth-order valence-corrected chi connectivity index (χ4v) is 1.25. The maximum Gasteiger partial charge on any atom is 0.230 e. The van der Waals surface area contributed by atoms with Gasteiger partial charge in [0.05, 0.1) is 11.5 Å². The number of terminal acetylenes is 1. The molecule has 2 N–H and O–H groups in total. The van der Waals surface area contributed by atoms with Gasteiger partial charge in [0, 0.05) is 0 Å². The summed E-state index contributed by atoms with van der Waals surface area (Å²) in [5.41, 5.74) is -1.01. The van der Waals surface area contributed by atoms with Crippen LogP contribution in [0.2, 0.25) is 0 Å². The highest BCUT2D eigenvalue weighted by Gasteiger charge is 2.47. The van der Waals surface area contributed by atoms with E-state index in [4.69, 9.17) is 6.42 Å². The maximum absolute atomic E-state index is 10.9. The number of amides is 1. The molecule has 0 saturated carbocycles. The normalized spacial score (nSPS) is 30.2. The van der Waals surface area contributed by atoms with Gasteiger partial charge in [-0.3, -0.25) is 4.79 Å². The lowest BCUT2D eigenvalue weighted by molar-refractivity contribution is -0.144. The van der Waals surface area contributed by atoms with Gasteiger partial charge in [-0.25, -0.2) is 0 Å². The van der Waals surface area contributed by atoms with Crippen LogP contribution < -0.4 is 5.32 Å². The number of aliphatic hydroxyl groups is 1. The Hall–Kier alpha value is -1.01. The number of nitrogens with one attached hydrogen (secondary N) is 1. The van der Waals surface area contributed by atoms with Crippen molar-refractivity contribution in [2.75, 3.05) is 0 Å². The average Bonchev–Trinajstić information content (AvgIpc) is 1.77. The Labute approximate surface area is 65.8 Å². The van der Waals surface area contributed by atoms with Gasteiger partial charge in [0.2, 0.25) is 5.91 Å². The minimum absolute atomic E-state index is 0.166. The van der Waals surface area contributed by atoms with Crippen molar-refractivity contribution in [3.8, 4) is 12.3 Å². The quantitative estimate of drug-likeness (QED) is 0.394. The van der Waals surface area contributed by atoms with Gasteiger partial charge >= 0.3 is 0 Å². The molecule has 1 aliphatic heterocycles. The third-order valence-electron chi connectivity index (χ3n) is 1.85. The van der Waals surface area contributed by atoms with Crippen LogP contribution in [0.4, 0.5) is 0 Å². The van der Waals surface area contributed by atoms with Gasteiger partial charge in [-0.1, -0.05) is 5.92 Å². The fraction of sp³-hybridized carbons (Fsp3) is 0.625. The summed E-state index contributed by atoms with van der Waals surface area (Å²) in [7, 11) is 0. The van der Waals surface area contributed by atoms with Gasteiger partial charge in [-0.15, -0.1) is 6.42 Å². The highest BCUT2D eigenvalue weighted by molar-refractivity contribution is 5.88. The van der Waals surface area contributed by atoms with Crippen LogP contribution in [0.15, 0.2) is 0 Å².